The molecule has 2 aromatic carbocycles. The standard InChI is InChI=1S/C23H23F3N2O3S/c24-23(25,26)20-15-22(29)27-21-10-7-17(14-19(20)21)13-16-5-8-18(9-6-16)32(30,31)28-11-3-1-2-4-12-28/h5-10,14-15H,1-4,11-13H2,(H,27,29). The molecule has 32 heavy (non-hydrogen) atoms. The maximum atomic E-state index is 13.4. The summed E-state index contributed by atoms with van der Waals surface area (Å²) in [5.74, 6) is 0. The number of aromatic nitrogens is 1. The summed E-state index contributed by atoms with van der Waals surface area (Å²) in [6.45, 7) is 1.04. The van der Waals surface area contributed by atoms with E-state index in [1.54, 1.807) is 30.3 Å². The van der Waals surface area contributed by atoms with Gasteiger partial charge in [-0.25, -0.2) is 8.42 Å². The van der Waals surface area contributed by atoms with Crippen LogP contribution in [-0.2, 0) is 22.6 Å². The Morgan fingerprint density at radius 1 is 0.875 bits per heavy atom. The van der Waals surface area contributed by atoms with Gasteiger partial charge in [-0.3, -0.25) is 4.79 Å². The third-order valence-corrected chi connectivity index (χ3v) is 7.66. The number of nitrogens with one attached hydrogen (secondary N) is 1. The minimum atomic E-state index is -4.64. The van der Waals surface area contributed by atoms with Gasteiger partial charge in [-0.05, 0) is 54.7 Å². The highest BCUT2D eigenvalue weighted by Crippen LogP contribution is 2.34. The molecule has 0 saturated carbocycles. The number of aromatic amines is 1. The normalized spacial score (nSPS) is 16.2. The highest BCUT2D eigenvalue weighted by atomic mass is 32.2. The van der Waals surface area contributed by atoms with Crippen molar-refractivity contribution < 1.29 is 21.6 Å². The summed E-state index contributed by atoms with van der Waals surface area (Å²) in [5, 5.41) is -0.0741. The van der Waals surface area contributed by atoms with Crippen LogP contribution in [0.5, 0.6) is 0 Å². The quantitative estimate of drug-likeness (QED) is 0.608. The van der Waals surface area contributed by atoms with Gasteiger partial charge in [-0.2, -0.15) is 17.5 Å². The minimum absolute atomic E-state index is 0.0741. The molecule has 1 fully saturated rings. The van der Waals surface area contributed by atoms with Gasteiger partial charge in [-0.15, -0.1) is 0 Å². The number of benzene rings is 2. The molecular weight excluding hydrogens is 441 g/mol. The third-order valence-electron chi connectivity index (χ3n) is 5.75. The summed E-state index contributed by atoms with van der Waals surface area (Å²) in [5.41, 5.74) is -0.265. The Kier molecular flexibility index (Phi) is 6.13. The molecule has 1 aliphatic rings. The number of alkyl halides is 3. The van der Waals surface area contributed by atoms with Crippen molar-refractivity contribution in [1.29, 1.82) is 0 Å². The molecule has 1 saturated heterocycles. The van der Waals surface area contributed by atoms with Gasteiger partial charge in [-0.1, -0.05) is 31.0 Å². The SMILES string of the molecule is O=c1cc(C(F)(F)F)c2cc(Cc3ccc(S(=O)(=O)N4CCCCCC4)cc3)ccc2[nH]1. The van der Waals surface area contributed by atoms with E-state index in [2.05, 4.69) is 4.98 Å². The highest BCUT2D eigenvalue weighted by molar-refractivity contribution is 7.89. The number of halogens is 3. The van der Waals surface area contributed by atoms with Crippen molar-refractivity contribution in [3.05, 3.63) is 75.6 Å². The number of hydrogen-bond acceptors (Lipinski definition) is 3. The predicted molar refractivity (Wildman–Crippen MR) is 116 cm³/mol. The molecule has 1 N–H and O–H groups in total. The third kappa shape index (κ3) is 4.73. The van der Waals surface area contributed by atoms with Crippen molar-refractivity contribution in [2.75, 3.05) is 13.1 Å². The molecule has 0 radical (unpaired) electrons. The van der Waals surface area contributed by atoms with E-state index in [4.69, 9.17) is 0 Å². The molecule has 170 valence electrons. The van der Waals surface area contributed by atoms with Crippen LogP contribution in [0.3, 0.4) is 0 Å². The number of pyridine rings is 1. The summed E-state index contributed by atoms with van der Waals surface area (Å²) < 4.78 is 67.5. The first-order chi connectivity index (χ1) is 15.1. The smallest absolute Gasteiger partial charge is 0.322 e. The number of hydrogen-bond donors (Lipinski definition) is 1. The molecule has 0 spiro atoms. The van der Waals surface area contributed by atoms with Crippen molar-refractivity contribution in [3.63, 3.8) is 0 Å². The van der Waals surface area contributed by atoms with Gasteiger partial charge in [0.2, 0.25) is 15.6 Å². The molecule has 0 amide bonds. The van der Waals surface area contributed by atoms with Crippen LogP contribution < -0.4 is 5.56 Å². The van der Waals surface area contributed by atoms with Gasteiger partial charge >= 0.3 is 6.18 Å². The number of rotatable bonds is 4. The average molecular weight is 465 g/mol. The molecular formula is C23H23F3N2O3S. The van der Waals surface area contributed by atoms with Crippen molar-refractivity contribution in [2.45, 2.75) is 43.2 Å². The number of H-pyrrole nitrogens is 1. The van der Waals surface area contributed by atoms with Crippen LogP contribution in [0, 0.1) is 0 Å². The lowest BCUT2D eigenvalue weighted by Gasteiger charge is -2.20. The lowest BCUT2D eigenvalue weighted by molar-refractivity contribution is -0.136. The summed E-state index contributed by atoms with van der Waals surface area (Å²) in [6.07, 6.45) is -0.554. The van der Waals surface area contributed by atoms with Crippen molar-refractivity contribution in [1.82, 2.24) is 9.29 Å². The van der Waals surface area contributed by atoms with E-state index in [0.29, 0.717) is 31.1 Å². The Hall–Kier alpha value is -2.65. The van der Waals surface area contributed by atoms with E-state index in [1.165, 1.54) is 16.4 Å². The fourth-order valence-corrected chi connectivity index (χ4v) is 5.61. The van der Waals surface area contributed by atoms with Crippen LogP contribution in [0.4, 0.5) is 13.2 Å². The molecule has 0 unspecified atom stereocenters. The molecule has 4 rings (SSSR count). The maximum Gasteiger partial charge on any atom is 0.417 e. The molecule has 0 aliphatic carbocycles. The van der Waals surface area contributed by atoms with Crippen molar-refractivity contribution in [3.8, 4) is 0 Å². The zero-order valence-electron chi connectivity index (χ0n) is 17.3. The van der Waals surface area contributed by atoms with Crippen LogP contribution in [-0.4, -0.2) is 30.8 Å². The van der Waals surface area contributed by atoms with Gasteiger partial charge in [0.1, 0.15) is 0 Å². The summed E-state index contributed by atoms with van der Waals surface area (Å²) in [7, 11) is -3.56. The zero-order chi connectivity index (χ0) is 22.9. The summed E-state index contributed by atoms with van der Waals surface area (Å²) >= 11 is 0. The fourth-order valence-electron chi connectivity index (χ4n) is 4.09. The van der Waals surface area contributed by atoms with E-state index in [1.807, 2.05) is 0 Å². The van der Waals surface area contributed by atoms with E-state index in [0.717, 1.165) is 31.2 Å². The van der Waals surface area contributed by atoms with E-state index < -0.39 is 27.3 Å². The van der Waals surface area contributed by atoms with Gasteiger partial charge in [0.05, 0.1) is 10.5 Å². The van der Waals surface area contributed by atoms with Gasteiger partial charge in [0, 0.05) is 30.1 Å². The molecule has 0 atom stereocenters. The second-order valence-corrected chi connectivity index (χ2v) is 10.0. The lowest BCUT2D eigenvalue weighted by atomic mass is 10.0. The Morgan fingerprint density at radius 2 is 1.50 bits per heavy atom. The van der Waals surface area contributed by atoms with Crippen LogP contribution in [0.25, 0.3) is 10.9 Å². The Balaban J connectivity index is 1.60. The highest BCUT2D eigenvalue weighted by Gasteiger charge is 2.33. The van der Waals surface area contributed by atoms with E-state index in [-0.39, 0.29) is 15.8 Å². The number of nitrogens with zero attached hydrogens (tertiary/aromatic N) is 1. The van der Waals surface area contributed by atoms with Crippen LogP contribution in [0.1, 0.15) is 42.4 Å². The maximum absolute atomic E-state index is 13.4. The summed E-state index contributed by atoms with van der Waals surface area (Å²) in [4.78, 5) is 14.2. The van der Waals surface area contributed by atoms with Crippen LogP contribution in [0.15, 0.2) is 58.2 Å². The largest absolute Gasteiger partial charge is 0.417 e. The van der Waals surface area contributed by atoms with Gasteiger partial charge < -0.3 is 4.98 Å². The molecule has 9 heteroatoms. The molecule has 1 aliphatic heterocycles. The van der Waals surface area contributed by atoms with E-state index >= 15 is 0 Å². The van der Waals surface area contributed by atoms with Crippen molar-refractivity contribution in [2.24, 2.45) is 0 Å². The fraction of sp³-hybridized carbons (Fsp3) is 0.348. The predicted octanol–water partition coefficient (Wildman–Crippen LogP) is 4.70. The second-order valence-electron chi connectivity index (χ2n) is 8.06. The average Bonchev–Trinajstić information content (AvgIpc) is 3.03. The molecule has 1 aromatic heterocycles. The lowest BCUT2D eigenvalue weighted by Crippen LogP contribution is -2.31. The monoisotopic (exact) mass is 464 g/mol. The minimum Gasteiger partial charge on any atom is -0.322 e. The van der Waals surface area contributed by atoms with Gasteiger partial charge in [0.15, 0.2) is 0 Å². The molecule has 5 nitrogen and oxygen atoms in total. The Labute approximate surface area is 183 Å². The molecule has 3 aromatic rings. The first kappa shape index (κ1) is 22.5. The Bertz CT molecular complexity index is 1270. The Morgan fingerprint density at radius 3 is 2.12 bits per heavy atom. The first-order valence-electron chi connectivity index (χ1n) is 10.5. The van der Waals surface area contributed by atoms with E-state index in [9.17, 15) is 26.4 Å². The number of fused-ring (bicyclic) bond motifs is 1. The zero-order valence-corrected chi connectivity index (χ0v) is 18.1. The molecule has 0 bridgehead atoms. The van der Waals surface area contributed by atoms with Crippen molar-refractivity contribution >= 4 is 20.9 Å². The van der Waals surface area contributed by atoms with Gasteiger partial charge in [0.25, 0.3) is 0 Å². The van der Waals surface area contributed by atoms with Crippen LogP contribution >= 0.6 is 0 Å². The second kappa shape index (κ2) is 8.71. The number of sulfonamides is 1. The summed E-state index contributed by atoms with van der Waals surface area (Å²) in [6, 6.07) is 11.6. The topological polar surface area (TPSA) is 70.2 Å². The first-order valence-corrected chi connectivity index (χ1v) is 11.9. The molecule has 2 heterocycles. The van der Waals surface area contributed by atoms with Crippen LogP contribution in [0.2, 0.25) is 0 Å².